The number of nitrogens with zero attached hydrogens (tertiary/aromatic N) is 2. The van der Waals surface area contributed by atoms with Crippen molar-refractivity contribution in [3.05, 3.63) is 77.2 Å². The van der Waals surface area contributed by atoms with E-state index in [0.717, 1.165) is 11.1 Å². The largest absolute Gasteiger partial charge is 0.464 e. The summed E-state index contributed by atoms with van der Waals surface area (Å²) in [5, 5.41) is 2.59. The molecule has 0 aliphatic heterocycles. The Morgan fingerprint density at radius 2 is 1.75 bits per heavy atom. The predicted octanol–water partition coefficient (Wildman–Crippen LogP) is 2.74. The summed E-state index contributed by atoms with van der Waals surface area (Å²) in [5.41, 5.74) is 10.3. The maximum atomic E-state index is 12.2. The van der Waals surface area contributed by atoms with Gasteiger partial charge in [0.25, 0.3) is 0 Å². The second-order valence-electron chi connectivity index (χ2n) is 6.96. The van der Waals surface area contributed by atoms with Gasteiger partial charge in [-0.25, -0.2) is 19.6 Å². The lowest BCUT2D eigenvalue weighted by atomic mass is 9.98. The van der Waals surface area contributed by atoms with Crippen LogP contribution in [-0.2, 0) is 9.47 Å². The minimum absolute atomic E-state index is 0.0129. The average Bonchev–Trinajstić information content (AvgIpc) is 3.14. The number of anilines is 1. The molecule has 8 nitrogen and oxygen atoms in total. The molecule has 32 heavy (non-hydrogen) atoms. The van der Waals surface area contributed by atoms with Crippen LogP contribution in [0.4, 0.5) is 10.6 Å². The molecule has 0 saturated carbocycles. The van der Waals surface area contributed by atoms with Gasteiger partial charge in [-0.3, -0.25) is 0 Å². The molecule has 3 aromatic rings. The van der Waals surface area contributed by atoms with Gasteiger partial charge in [-0.1, -0.05) is 54.5 Å². The molecule has 3 N–H and O–H groups in total. The summed E-state index contributed by atoms with van der Waals surface area (Å²) in [6.45, 7) is 0.259. The third kappa shape index (κ3) is 4.23. The van der Waals surface area contributed by atoms with E-state index in [2.05, 4.69) is 56.1 Å². The molecule has 4 rings (SSSR count). The zero-order chi connectivity index (χ0) is 22.5. The normalized spacial score (nSPS) is 11.5. The lowest BCUT2D eigenvalue weighted by Crippen LogP contribution is -2.26. The van der Waals surface area contributed by atoms with Crippen LogP contribution in [0.25, 0.3) is 11.1 Å². The van der Waals surface area contributed by atoms with Crippen molar-refractivity contribution >= 4 is 17.9 Å². The molecule has 0 fully saturated rings. The predicted molar refractivity (Wildman–Crippen MR) is 118 cm³/mol. The fourth-order valence-corrected chi connectivity index (χ4v) is 3.61. The highest BCUT2D eigenvalue weighted by Gasteiger charge is 2.28. The minimum Gasteiger partial charge on any atom is -0.464 e. The van der Waals surface area contributed by atoms with Crippen molar-refractivity contribution in [3.63, 3.8) is 0 Å². The van der Waals surface area contributed by atoms with Gasteiger partial charge < -0.3 is 20.5 Å². The first kappa shape index (κ1) is 20.9. The van der Waals surface area contributed by atoms with Crippen LogP contribution in [0.2, 0.25) is 0 Å². The molecule has 1 aromatic heterocycles. The van der Waals surface area contributed by atoms with Crippen LogP contribution in [0.1, 0.15) is 33.2 Å². The lowest BCUT2D eigenvalue weighted by Gasteiger charge is -2.14. The van der Waals surface area contributed by atoms with Crippen molar-refractivity contribution in [2.75, 3.05) is 26.0 Å². The van der Waals surface area contributed by atoms with Crippen molar-refractivity contribution in [3.8, 4) is 23.0 Å². The molecule has 1 aliphatic carbocycles. The topological polar surface area (TPSA) is 116 Å². The summed E-state index contributed by atoms with van der Waals surface area (Å²) in [6, 6.07) is 16.3. The Balaban J connectivity index is 1.34. The fourth-order valence-electron chi connectivity index (χ4n) is 3.61. The van der Waals surface area contributed by atoms with Crippen LogP contribution >= 0.6 is 0 Å². The summed E-state index contributed by atoms with van der Waals surface area (Å²) in [5.74, 6) is 4.70. The molecule has 160 valence electrons. The molecule has 0 atom stereocenters. The monoisotopic (exact) mass is 428 g/mol. The number of carbonyl (C=O) groups is 2. The van der Waals surface area contributed by atoms with Crippen LogP contribution < -0.4 is 11.1 Å². The molecular weight excluding hydrogens is 408 g/mol. The first-order chi connectivity index (χ1) is 15.6. The fraction of sp³-hybridized carbons (Fsp3) is 0.167. The third-order valence-corrected chi connectivity index (χ3v) is 5.06. The van der Waals surface area contributed by atoms with E-state index in [1.54, 1.807) is 0 Å². The van der Waals surface area contributed by atoms with E-state index in [1.807, 2.05) is 24.3 Å². The maximum Gasteiger partial charge on any atom is 0.407 e. The number of rotatable bonds is 4. The third-order valence-electron chi connectivity index (χ3n) is 5.06. The Kier molecular flexibility index (Phi) is 5.99. The van der Waals surface area contributed by atoms with Crippen molar-refractivity contribution in [2.45, 2.75) is 5.92 Å². The number of aromatic nitrogens is 2. The minimum atomic E-state index is -0.699. The molecule has 2 aromatic carbocycles. The number of ether oxygens (including phenoxy) is 2. The number of amides is 1. The number of benzene rings is 2. The van der Waals surface area contributed by atoms with E-state index in [0.29, 0.717) is 0 Å². The summed E-state index contributed by atoms with van der Waals surface area (Å²) in [7, 11) is 1.22. The summed E-state index contributed by atoms with van der Waals surface area (Å²) >= 11 is 0. The quantitative estimate of drug-likeness (QED) is 0.485. The molecule has 0 bridgehead atoms. The van der Waals surface area contributed by atoms with Gasteiger partial charge in [0.15, 0.2) is 11.5 Å². The molecule has 1 amide bonds. The van der Waals surface area contributed by atoms with Gasteiger partial charge in [-0.2, -0.15) is 0 Å². The highest BCUT2D eigenvalue weighted by atomic mass is 16.5. The second kappa shape index (κ2) is 9.18. The molecule has 8 heteroatoms. The van der Waals surface area contributed by atoms with Gasteiger partial charge in [-0.05, 0) is 28.2 Å². The molecule has 0 saturated heterocycles. The number of hydrogen-bond acceptors (Lipinski definition) is 7. The number of nitrogen functional groups attached to an aromatic ring is 1. The number of hydrogen-bond donors (Lipinski definition) is 2. The molecule has 0 unspecified atom stereocenters. The van der Waals surface area contributed by atoms with E-state index in [-0.39, 0.29) is 36.3 Å². The van der Waals surface area contributed by atoms with Gasteiger partial charge in [0, 0.05) is 5.92 Å². The number of esters is 1. The molecule has 0 radical (unpaired) electrons. The number of methoxy groups -OCH3 is 1. The average molecular weight is 428 g/mol. The number of fused-ring (bicyclic) bond motifs is 3. The smallest absolute Gasteiger partial charge is 0.407 e. The summed E-state index contributed by atoms with van der Waals surface area (Å²) < 4.78 is 10.0. The van der Waals surface area contributed by atoms with Crippen LogP contribution in [0.5, 0.6) is 0 Å². The maximum absolute atomic E-state index is 12.2. The lowest BCUT2D eigenvalue weighted by molar-refractivity contribution is 0.0594. The first-order valence-electron chi connectivity index (χ1n) is 9.87. The Morgan fingerprint density at radius 1 is 1.09 bits per heavy atom. The van der Waals surface area contributed by atoms with Crippen LogP contribution in [0, 0.1) is 11.8 Å². The SMILES string of the molecule is COC(=O)c1nc(C#CCNC(=O)OCC2c3ccccc3-c3ccccc32)cnc1N. The van der Waals surface area contributed by atoms with E-state index in [4.69, 9.17) is 10.5 Å². The van der Waals surface area contributed by atoms with E-state index < -0.39 is 12.1 Å². The van der Waals surface area contributed by atoms with Crippen LogP contribution in [0.3, 0.4) is 0 Å². The molecular formula is C24H20N4O4. The Bertz CT molecular complexity index is 1200. The highest BCUT2D eigenvalue weighted by molar-refractivity contribution is 5.91. The molecule has 1 heterocycles. The van der Waals surface area contributed by atoms with E-state index >= 15 is 0 Å². The van der Waals surface area contributed by atoms with Crippen molar-refractivity contribution in [1.82, 2.24) is 15.3 Å². The number of nitrogens with one attached hydrogen (secondary N) is 1. The Labute approximate surface area is 184 Å². The van der Waals surface area contributed by atoms with Crippen LogP contribution in [-0.4, -0.2) is 42.3 Å². The molecule has 0 spiro atoms. The van der Waals surface area contributed by atoms with Gasteiger partial charge in [0.05, 0.1) is 19.9 Å². The van der Waals surface area contributed by atoms with Gasteiger partial charge in [0.1, 0.15) is 12.3 Å². The zero-order valence-electron chi connectivity index (χ0n) is 17.3. The summed E-state index contributed by atoms with van der Waals surface area (Å²) in [6.07, 6.45) is 0.766. The standard InChI is InChI=1S/C24H20N4O4/c1-31-23(29)21-22(25)27-13-15(28-21)7-6-12-26-24(30)32-14-20-18-10-4-2-8-16(18)17-9-3-5-11-19(17)20/h2-5,8-11,13,20H,12,14H2,1H3,(H2,25,27)(H,26,30). The van der Waals surface area contributed by atoms with E-state index in [1.165, 1.54) is 24.4 Å². The van der Waals surface area contributed by atoms with Crippen molar-refractivity contribution in [1.29, 1.82) is 0 Å². The molecule has 1 aliphatic rings. The van der Waals surface area contributed by atoms with Gasteiger partial charge in [-0.15, -0.1) is 0 Å². The van der Waals surface area contributed by atoms with Crippen LogP contribution in [0.15, 0.2) is 54.7 Å². The van der Waals surface area contributed by atoms with Gasteiger partial charge in [0.2, 0.25) is 0 Å². The highest BCUT2D eigenvalue weighted by Crippen LogP contribution is 2.44. The number of nitrogens with two attached hydrogens (primary N) is 1. The van der Waals surface area contributed by atoms with Crippen molar-refractivity contribution in [2.24, 2.45) is 0 Å². The number of carbonyl (C=O) groups excluding carboxylic acids is 2. The summed E-state index contributed by atoms with van der Waals surface area (Å²) in [4.78, 5) is 31.7. The zero-order valence-corrected chi connectivity index (χ0v) is 17.3. The van der Waals surface area contributed by atoms with Crippen molar-refractivity contribution < 1.29 is 19.1 Å². The number of alkyl carbamates (subject to hydrolysis) is 1. The first-order valence-corrected chi connectivity index (χ1v) is 9.87. The second-order valence-corrected chi connectivity index (χ2v) is 6.96. The van der Waals surface area contributed by atoms with Gasteiger partial charge >= 0.3 is 12.1 Å². The Hall–Kier alpha value is -4.38. The Morgan fingerprint density at radius 3 is 2.41 bits per heavy atom. The van der Waals surface area contributed by atoms with E-state index in [9.17, 15) is 9.59 Å².